The number of hydrogen-bond donors (Lipinski definition) is 2. The van der Waals surface area contributed by atoms with Crippen molar-refractivity contribution in [3.8, 4) is 5.75 Å². The fourth-order valence-electron chi connectivity index (χ4n) is 1.96. The Morgan fingerprint density at radius 3 is 2.57 bits per heavy atom. The van der Waals surface area contributed by atoms with E-state index in [1.54, 1.807) is 18.2 Å². The smallest absolute Gasteiger partial charge is 0.234 e. The second-order valence-electron chi connectivity index (χ2n) is 4.87. The van der Waals surface area contributed by atoms with Crippen molar-refractivity contribution in [2.45, 2.75) is 19.4 Å². The molecule has 0 bridgehead atoms. The second kappa shape index (κ2) is 8.29. The van der Waals surface area contributed by atoms with E-state index >= 15 is 0 Å². The van der Waals surface area contributed by atoms with Gasteiger partial charge in [0.25, 0.3) is 0 Å². The Balaban J connectivity index is 2.04. The van der Waals surface area contributed by atoms with Crippen LogP contribution in [-0.4, -0.2) is 5.91 Å². The third kappa shape index (κ3) is 5.20. The number of aryl methyl sites for hydroxylation is 1. The van der Waals surface area contributed by atoms with Crippen molar-refractivity contribution in [3.05, 3.63) is 62.8 Å². The van der Waals surface area contributed by atoms with Crippen molar-refractivity contribution in [2.24, 2.45) is 5.84 Å². The molecule has 0 heterocycles. The van der Waals surface area contributed by atoms with Crippen LogP contribution in [0.4, 0.5) is 4.39 Å². The number of rotatable bonds is 6. The molecule has 0 unspecified atom stereocenters. The zero-order valence-electron chi connectivity index (χ0n) is 12.1. The Morgan fingerprint density at radius 2 is 1.96 bits per heavy atom. The van der Waals surface area contributed by atoms with Gasteiger partial charge < -0.3 is 4.74 Å². The van der Waals surface area contributed by atoms with Crippen LogP contribution >= 0.6 is 27.5 Å². The summed E-state index contributed by atoms with van der Waals surface area (Å²) in [5.41, 5.74) is 3.80. The van der Waals surface area contributed by atoms with Gasteiger partial charge in [-0.05, 0) is 57.7 Å². The van der Waals surface area contributed by atoms with Gasteiger partial charge in [0.2, 0.25) is 5.91 Å². The first-order valence-corrected chi connectivity index (χ1v) is 8.01. The summed E-state index contributed by atoms with van der Waals surface area (Å²) < 4.78 is 19.3. The summed E-state index contributed by atoms with van der Waals surface area (Å²) in [4.78, 5) is 11.2. The lowest BCUT2D eigenvalue weighted by molar-refractivity contribution is -0.121. The molecule has 4 nitrogen and oxygen atoms in total. The third-order valence-electron chi connectivity index (χ3n) is 3.16. The molecule has 122 valence electrons. The van der Waals surface area contributed by atoms with Gasteiger partial charge in [-0.15, -0.1) is 0 Å². The second-order valence-corrected chi connectivity index (χ2v) is 6.13. The monoisotopic (exact) mass is 400 g/mol. The van der Waals surface area contributed by atoms with Crippen LogP contribution in [0.5, 0.6) is 5.75 Å². The van der Waals surface area contributed by atoms with Crippen molar-refractivity contribution in [3.63, 3.8) is 0 Å². The van der Waals surface area contributed by atoms with Gasteiger partial charge in [0.15, 0.2) is 5.75 Å². The Kier molecular flexibility index (Phi) is 6.38. The third-order valence-corrected chi connectivity index (χ3v) is 4.03. The molecule has 0 atom stereocenters. The predicted octanol–water partition coefficient (Wildman–Crippen LogP) is 3.74. The Hall–Kier alpha value is -1.63. The van der Waals surface area contributed by atoms with E-state index in [0.29, 0.717) is 21.7 Å². The van der Waals surface area contributed by atoms with Gasteiger partial charge in [0.05, 0.1) is 9.50 Å². The van der Waals surface area contributed by atoms with E-state index in [4.69, 9.17) is 22.2 Å². The summed E-state index contributed by atoms with van der Waals surface area (Å²) in [7, 11) is 0. The zero-order chi connectivity index (χ0) is 16.8. The average Bonchev–Trinajstić information content (AvgIpc) is 2.53. The standard InChI is InChI=1S/C16H15BrClFN2O2/c17-13-7-11(3-6-15(22)21-20)8-14(18)16(13)23-9-10-1-4-12(19)5-2-10/h1-2,4-5,7-8H,3,6,9,20H2,(H,21,22). The number of benzene rings is 2. The van der Waals surface area contributed by atoms with Crippen molar-refractivity contribution in [1.82, 2.24) is 5.43 Å². The Bertz CT molecular complexity index is 672. The molecular weight excluding hydrogens is 387 g/mol. The molecule has 0 spiro atoms. The molecule has 2 rings (SSSR count). The molecule has 2 aromatic carbocycles. The minimum atomic E-state index is -0.293. The van der Waals surface area contributed by atoms with Crippen molar-refractivity contribution in [1.29, 1.82) is 0 Å². The number of carbonyl (C=O) groups is 1. The van der Waals surface area contributed by atoms with E-state index in [0.717, 1.165) is 11.1 Å². The maximum absolute atomic E-state index is 12.9. The van der Waals surface area contributed by atoms with Crippen LogP contribution in [-0.2, 0) is 17.8 Å². The number of hydrazine groups is 1. The molecule has 2 aromatic rings. The minimum absolute atomic E-state index is 0.242. The van der Waals surface area contributed by atoms with Crippen molar-refractivity contribution >= 4 is 33.4 Å². The van der Waals surface area contributed by atoms with E-state index in [1.165, 1.54) is 12.1 Å². The van der Waals surface area contributed by atoms with E-state index in [1.807, 2.05) is 6.07 Å². The van der Waals surface area contributed by atoms with Gasteiger partial charge in [-0.25, -0.2) is 10.2 Å². The summed E-state index contributed by atoms with van der Waals surface area (Å²) in [6, 6.07) is 9.64. The van der Waals surface area contributed by atoms with Crippen LogP contribution in [0.25, 0.3) is 0 Å². The first-order chi connectivity index (χ1) is 11.0. The lowest BCUT2D eigenvalue weighted by Crippen LogP contribution is -2.30. The molecule has 0 aromatic heterocycles. The topological polar surface area (TPSA) is 64.3 Å². The molecule has 0 radical (unpaired) electrons. The fraction of sp³-hybridized carbons (Fsp3) is 0.188. The number of hydrogen-bond acceptors (Lipinski definition) is 3. The lowest BCUT2D eigenvalue weighted by Gasteiger charge is -2.12. The largest absolute Gasteiger partial charge is 0.486 e. The number of nitrogens with one attached hydrogen (secondary N) is 1. The van der Waals surface area contributed by atoms with Gasteiger partial charge in [-0.1, -0.05) is 23.7 Å². The van der Waals surface area contributed by atoms with E-state index in [2.05, 4.69) is 21.4 Å². The minimum Gasteiger partial charge on any atom is -0.486 e. The van der Waals surface area contributed by atoms with E-state index in [9.17, 15) is 9.18 Å². The summed E-state index contributed by atoms with van der Waals surface area (Å²) in [5.74, 6) is 5.01. The van der Waals surface area contributed by atoms with Crippen LogP contribution in [0.2, 0.25) is 5.02 Å². The molecule has 0 saturated heterocycles. The summed E-state index contributed by atoms with van der Waals surface area (Å²) in [6.07, 6.45) is 0.786. The maximum atomic E-state index is 12.9. The molecule has 3 N–H and O–H groups in total. The SMILES string of the molecule is NNC(=O)CCc1cc(Cl)c(OCc2ccc(F)cc2)c(Br)c1. The Morgan fingerprint density at radius 1 is 1.26 bits per heavy atom. The molecular formula is C16H15BrClFN2O2. The number of ether oxygens (including phenoxy) is 1. The van der Waals surface area contributed by atoms with E-state index < -0.39 is 0 Å². The summed E-state index contributed by atoms with van der Waals surface area (Å²) in [6.45, 7) is 0.271. The highest BCUT2D eigenvalue weighted by molar-refractivity contribution is 9.10. The van der Waals surface area contributed by atoms with Crippen molar-refractivity contribution in [2.75, 3.05) is 0 Å². The molecule has 0 aliphatic heterocycles. The lowest BCUT2D eigenvalue weighted by atomic mass is 10.1. The number of halogens is 3. The van der Waals surface area contributed by atoms with Crippen LogP contribution in [0.15, 0.2) is 40.9 Å². The maximum Gasteiger partial charge on any atom is 0.234 e. The summed E-state index contributed by atoms with van der Waals surface area (Å²) >= 11 is 9.65. The van der Waals surface area contributed by atoms with Crippen LogP contribution in [0, 0.1) is 5.82 Å². The van der Waals surface area contributed by atoms with Crippen LogP contribution in [0.3, 0.4) is 0 Å². The quantitative estimate of drug-likeness (QED) is 0.440. The van der Waals surface area contributed by atoms with Crippen LogP contribution in [0.1, 0.15) is 17.5 Å². The molecule has 23 heavy (non-hydrogen) atoms. The van der Waals surface area contributed by atoms with Gasteiger partial charge in [-0.2, -0.15) is 0 Å². The van der Waals surface area contributed by atoms with Gasteiger partial charge in [0, 0.05) is 6.42 Å². The van der Waals surface area contributed by atoms with E-state index in [-0.39, 0.29) is 24.8 Å². The first-order valence-electron chi connectivity index (χ1n) is 6.84. The highest BCUT2D eigenvalue weighted by Crippen LogP contribution is 2.35. The highest BCUT2D eigenvalue weighted by Gasteiger charge is 2.11. The zero-order valence-corrected chi connectivity index (χ0v) is 14.5. The van der Waals surface area contributed by atoms with Gasteiger partial charge in [0.1, 0.15) is 12.4 Å². The predicted molar refractivity (Wildman–Crippen MR) is 90.5 cm³/mol. The fourth-order valence-corrected chi connectivity index (χ4v) is 2.99. The van der Waals surface area contributed by atoms with Gasteiger partial charge >= 0.3 is 0 Å². The number of carbonyl (C=O) groups excluding carboxylic acids is 1. The summed E-state index contributed by atoms with van der Waals surface area (Å²) in [5, 5.41) is 0.435. The number of nitrogens with two attached hydrogens (primary N) is 1. The molecule has 0 aliphatic carbocycles. The van der Waals surface area contributed by atoms with Crippen LogP contribution < -0.4 is 16.0 Å². The first kappa shape index (κ1) is 17.7. The Labute approximate surface area is 146 Å². The molecule has 0 aliphatic rings. The molecule has 7 heteroatoms. The average molecular weight is 402 g/mol. The van der Waals surface area contributed by atoms with Gasteiger partial charge in [-0.3, -0.25) is 10.2 Å². The molecule has 0 fully saturated rings. The van der Waals surface area contributed by atoms with Crippen molar-refractivity contribution < 1.29 is 13.9 Å². The number of amides is 1. The molecule has 1 amide bonds. The highest BCUT2D eigenvalue weighted by atomic mass is 79.9. The molecule has 0 saturated carbocycles. The normalized spacial score (nSPS) is 10.4.